The lowest BCUT2D eigenvalue weighted by molar-refractivity contribution is -0.117. The van der Waals surface area contributed by atoms with Gasteiger partial charge in [0.05, 0.1) is 18.2 Å². The van der Waals surface area contributed by atoms with E-state index in [-0.39, 0.29) is 5.70 Å². The number of carbonyl (C=O) groups is 2. The van der Waals surface area contributed by atoms with Crippen molar-refractivity contribution in [3.63, 3.8) is 0 Å². The lowest BCUT2D eigenvalue weighted by Crippen LogP contribution is -2.42. The van der Waals surface area contributed by atoms with Gasteiger partial charge in [0.1, 0.15) is 17.2 Å². The second-order valence-corrected chi connectivity index (χ2v) is 9.26. The van der Waals surface area contributed by atoms with Crippen molar-refractivity contribution >= 4 is 41.1 Å². The maximum absolute atomic E-state index is 13.1. The number of ether oxygens (including phenoxy) is 1. The SMILES string of the molecule is Cc1ccc(C(=O)N/C(=C/c2ccc(-c3cc(Cl)ccc3Cl)o2)C(=O)NCCN2CCOCC2)cc1. The van der Waals surface area contributed by atoms with Crippen molar-refractivity contribution < 1.29 is 18.7 Å². The highest BCUT2D eigenvalue weighted by Crippen LogP contribution is 2.32. The summed E-state index contributed by atoms with van der Waals surface area (Å²) in [6.07, 6.45) is 1.50. The predicted molar refractivity (Wildman–Crippen MR) is 141 cm³/mol. The van der Waals surface area contributed by atoms with Crippen LogP contribution in [0.5, 0.6) is 0 Å². The fourth-order valence-corrected chi connectivity index (χ4v) is 4.09. The largest absolute Gasteiger partial charge is 0.457 e. The van der Waals surface area contributed by atoms with Gasteiger partial charge >= 0.3 is 0 Å². The normalized spacial score (nSPS) is 14.5. The molecule has 0 atom stereocenters. The molecule has 2 amide bonds. The molecule has 0 aliphatic carbocycles. The molecule has 3 aromatic rings. The molecule has 0 unspecified atom stereocenters. The zero-order valence-corrected chi connectivity index (χ0v) is 21.4. The van der Waals surface area contributed by atoms with E-state index < -0.39 is 11.8 Å². The number of amides is 2. The van der Waals surface area contributed by atoms with E-state index >= 15 is 0 Å². The van der Waals surface area contributed by atoms with Crippen molar-refractivity contribution in [2.75, 3.05) is 39.4 Å². The van der Waals surface area contributed by atoms with Gasteiger partial charge in [0, 0.05) is 48.4 Å². The summed E-state index contributed by atoms with van der Waals surface area (Å²) in [7, 11) is 0. The molecular formula is C27H27Cl2N3O4. The Balaban J connectivity index is 1.53. The number of morpholine rings is 1. The first kappa shape index (κ1) is 26.0. The standard InChI is InChI=1S/C27H27Cl2N3O4/c1-18-2-4-19(5-3-18)26(33)31-24(27(34)30-10-11-32-12-14-35-15-13-32)17-21-7-9-25(36-21)22-16-20(28)6-8-23(22)29/h2-9,16-17H,10-15H2,1H3,(H,30,34)(H,31,33)/b24-17+. The Bertz CT molecular complexity index is 1250. The molecule has 9 heteroatoms. The van der Waals surface area contributed by atoms with Crippen molar-refractivity contribution in [3.05, 3.63) is 87.2 Å². The monoisotopic (exact) mass is 527 g/mol. The Labute approximate surface area is 220 Å². The first-order valence-electron chi connectivity index (χ1n) is 11.6. The van der Waals surface area contributed by atoms with Gasteiger partial charge in [-0.25, -0.2) is 0 Å². The van der Waals surface area contributed by atoms with E-state index in [1.165, 1.54) is 6.08 Å². The zero-order valence-electron chi connectivity index (χ0n) is 19.9. The molecule has 2 aromatic carbocycles. The quantitative estimate of drug-likeness (QED) is 0.412. The molecule has 0 spiro atoms. The Morgan fingerprint density at radius 2 is 1.78 bits per heavy atom. The van der Waals surface area contributed by atoms with Gasteiger partial charge in [0.15, 0.2) is 0 Å². The molecule has 1 fully saturated rings. The van der Waals surface area contributed by atoms with Crippen LogP contribution >= 0.6 is 23.2 Å². The van der Waals surface area contributed by atoms with Crippen molar-refractivity contribution in [3.8, 4) is 11.3 Å². The molecule has 1 aliphatic rings. The van der Waals surface area contributed by atoms with Gasteiger partial charge in [-0.05, 0) is 49.4 Å². The van der Waals surface area contributed by atoms with Crippen LogP contribution in [0.15, 0.2) is 64.7 Å². The van der Waals surface area contributed by atoms with E-state index in [2.05, 4.69) is 15.5 Å². The van der Waals surface area contributed by atoms with Gasteiger partial charge in [-0.3, -0.25) is 14.5 Å². The summed E-state index contributed by atoms with van der Waals surface area (Å²) in [6, 6.07) is 15.6. The maximum Gasteiger partial charge on any atom is 0.267 e. The Hall–Kier alpha value is -3.10. The van der Waals surface area contributed by atoms with Crippen molar-refractivity contribution in [2.24, 2.45) is 0 Å². The molecule has 2 N–H and O–H groups in total. The van der Waals surface area contributed by atoms with Gasteiger partial charge < -0.3 is 19.8 Å². The highest BCUT2D eigenvalue weighted by molar-refractivity contribution is 6.35. The first-order valence-corrected chi connectivity index (χ1v) is 12.4. The topological polar surface area (TPSA) is 83.8 Å². The van der Waals surface area contributed by atoms with Crippen molar-refractivity contribution in [2.45, 2.75) is 6.92 Å². The number of rotatable bonds is 8. The molecule has 188 valence electrons. The molecule has 7 nitrogen and oxygen atoms in total. The minimum atomic E-state index is -0.414. The number of aryl methyl sites for hydroxylation is 1. The fourth-order valence-electron chi connectivity index (χ4n) is 3.71. The number of hydrogen-bond acceptors (Lipinski definition) is 5. The number of furan rings is 1. The molecule has 1 saturated heterocycles. The Morgan fingerprint density at radius 1 is 1.03 bits per heavy atom. The number of nitrogens with zero attached hydrogens (tertiary/aromatic N) is 1. The average Bonchev–Trinajstić information content (AvgIpc) is 3.34. The lowest BCUT2D eigenvalue weighted by atomic mass is 10.1. The van der Waals surface area contributed by atoms with E-state index in [0.717, 1.165) is 18.7 Å². The number of halogens is 2. The third kappa shape index (κ3) is 6.98. The summed E-state index contributed by atoms with van der Waals surface area (Å²) < 4.78 is 11.3. The highest BCUT2D eigenvalue weighted by atomic mass is 35.5. The molecule has 1 aliphatic heterocycles. The molecule has 0 bridgehead atoms. The van der Waals surface area contributed by atoms with E-state index in [9.17, 15) is 9.59 Å². The van der Waals surface area contributed by atoms with Crippen molar-refractivity contribution in [1.82, 2.24) is 15.5 Å². The number of nitrogens with one attached hydrogen (secondary N) is 2. The number of benzene rings is 2. The summed E-state index contributed by atoms with van der Waals surface area (Å²) in [5.41, 5.74) is 2.18. The van der Waals surface area contributed by atoms with Gasteiger partial charge in [-0.2, -0.15) is 0 Å². The second-order valence-electron chi connectivity index (χ2n) is 8.41. The number of carbonyl (C=O) groups excluding carboxylic acids is 2. The van der Waals surface area contributed by atoms with E-state index in [1.54, 1.807) is 42.5 Å². The van der Waals surface area contributed by atoms with Crippen LogP contribution in [0.1, 0.15) is 21.7 Å². The summed E-state index contributed by atoms with van der Waals surface area (Å²) in [5, 5.41) is 6.62. The lowest BCUT2D eigenvalue weighted by Gasteiger charge is -2.26. The molecule has 0 radical (unpaired) electrons. The van der Waals surface area contributed by atoms with E-state index in [0.29, 0.717) is 59.0 Å². The second kappa shape index (κ2) is 12.2. The maximum atomic E-state index is 13.1. The Kier molecular flexibility index (Phi) is 8.83. The first-order chi connectivity index (χ1) is 17.4. The van der Waals surface area contributed by atoms with Gasteiger partial charge in [0.25, 0.3) is 11.8 Å². The molecule has 0 saturated carbocycles. The zero-order chi connectivity index (χ0) is 25.5. The minimum absolute atomic E-state index is 0.0700. The highest BCUT2D eigenvalue weighted by Gasteiger charge is 2.17. The van der Waals surface area contributed by atoms with Crippen molar-refractivity contribution in [1.29, 1.82) is 0 Å². The molecule has 1 aromatic heterocycles. The summed E-state index contributed by atoms with van der Waals surface area (Å²) in [4.78, 5) is 28.2. The van der Waals surface area contributed by atoms with Crippen LogP contribution in [0.3, 0.4) is 0 Å². The van der Waals surface area contributed by atoms with Crippen LogP contribution in [-0.4, -0.2) is 56.1 Å². The van der Waals surface area contributed by atoms with Crippen LogP contribution < -0.4 is 10.6 Å². The van der Waals surface area contributed by atoms with Gasteiger partial charge in [-0.15, -0.1) is 0 Å². The summed E-state index contributed by atoms with van der Waals surface area (Å²) >= 11 is 12.4. The van der Waals surface area contributed by atoms with Crippen LogP contribution in [0.25, 0.3) is 17.4 Å². The summed E-state index contributed by atoms with van der Waals surface area (Å²) in [5.74, 6) is 0.0611. The third-order valence-corrected chi connectivity index (χ3v) is 6.30. The molecule has 4 rings (SSSR count). The Morgan fingerprint density at radius 3 is 2.53 bits per heavy atom. The summed E-state index contributed by atoms with van der Waals surface area (Å²) in [6.45, 7) is 6.07. The van der Waals surface area contributed by atoms with E-state index in [1.807, 2.05) is 19.1 Å². The number of hydrogen-bond donors (Lipinski definition) is 2. The molecule has 2 heterocycles. The minimum Gasteiger partial charge on any atom is -0.457 e. The fraction of sp³-hybridized carbons (Fsp3) is 0.259. The van der Waals surface area contributed by atoms with Crippen LogP contribution in [0.4, 0.5) is 0 Å². The predicted octanol–water partition coefficient (Wildman–Crippen LogP) is 4.78. The molecular weight excluding hydrogens is 501 g/mol. The third-order valence-electron chi connectivity index (χ3n) is 5.73. The van der Waals surface area contributed by atoms with E-state index in [4.69, 9.17) is 32.4 Å². The smallest absolute Gasteiger partial charge is 0.267 e. The van der Waals surface area contributed by atoms with Crippen LogP contribution in [0, 0.1) is 6.92 Å². The van der Waals surface area contributed by atoms with Crippen LogP contribution in [-0.2, 0) is 9.53 Å². The van der Waals surface area contributed by atoms with Crippen LogP contribution in [0.2, 0.25) is 10.0 Å². The molecule has 36 heavy (non-hydrogen) atoms. The van der Waals surface area contributed by atoms with Gasteiger partial charge in [0.2, 0.25) is 0 Å². The van der Waals surface area contributed by atoms with Gasteiger partial charge in [-0.1, -0.05) is 40.9 Å². The average molecular weight is 528 g/mol.